The predicted molar refractivity (Wildman–Crippen MR) is 97.5 cm³/mol. The average molecular weight is 332 g/mol. The van der Waals surface area contributed by atoms with Crippen LogP contribution in [0.4, 0.5) is 0 Å². The number of rotatable bonds is 11. The third kappa shape index (κ3) is 7.29. The Balaban J connectivity index is 2.62. The molecule has 0 spiro atoms. The molecule has 0 aliphatic heterocycles. The van der Waals surface area contributed by atoms with Crippen molar-refractivity contribution in [2.24, 2.45) is 17.8 Å². The maximum atomic E-state index is 12.5. The van der Waals surface area contributed by atoms with E-state index in [-0.39, 0.29) is 30.2 Å². The molecule has 0 bridgehead atoms. The smallest absolute Gasteiger partial charge is 0.309 e. The standard InChI is InChI=1S/C21H32O3/c1-5-6-8-13-19(14-20(22)17(4)16(2)3)21(23)24-15-18-11-9-7-10-12-18/h7,9-12,16-17,19H,5-6,8,13-15H2,1-4H3/t17-,19+/m0/s1. The van der Waals surface area contributed by atoms with Crippen molar-refractivity contribution in [2.75, 3.05) is 0 Å². The maximum absolute atomic E-state index is 12.5. The molecule has 134 valence electrons. The van der Waals surface area contributed by atoms with E-state index in [0.29, 0.717) is 12.3 Å². The van der Waals surface area contributed by atoms with Crippen LogP contribution in [-0.2, 0) is 20.9 Å². The second-order valence-electron chi connectivity index (χ2n) is 6.99. The number of ether oxygens (including phenoxy) is 1. The Labute approximate surface area is 146 Å². The summed E-state index contributed by atoms with van der Waals surface area (Å²) < 4.78 is 5.47. The molecule has 3 heteroatoms. The quantitative estimate of drug-likeness (QED) is 0.414. The summed E-state index contributed by atoms with van der Waals surface area (Å²) in [7, 11) is 0. The summed E-state index contributed by atoms with van der Waals surface area (Å²) in [4.78, 5) is 24.9. The topological polar surface area (TPSA) is 43.4 Å². The number of hydrogen-bond acceptors (Lipinski definition) is 3. The van der Waals surface area contributed by atoms with Gasteiger partial charge in [0.1, 0.15) is 12.4 Å². The predicted octanol–water partition coefficient (Wildman–Crippen LogP) is 5.18. The number of benzene rings is 1. The Morgan fingerprint density at radius 2 is 1.71 bits per heavy atom. The first kappa shape index (κ1) is 20.4. The van der Waals surface area contributed by atoms with Gasteiger partial charge in [-0.2, -0.15) is 0 Å². The van der Waals surface area contributed by atoms with Crippen molar-refractivity contribution < 1.29 is 14.3 Å². The van der Waals surface area contributed by atoms with Crippen LogP contribution >= 0.6 is 0 Å². The minimum atomic E-state index is -0.311. The number of carbonyl (C=O) groups excluding carboxylic acids is 2. The van der Waals surface area contributed by atoms with Gasteiger partial charge in [0.25, 0.3) is 0 Å². The third-order valence-electron chi connectivity index (χ3n) is 4.67. The number of esters is 1. The normalized spacial score (nSPS) is 13.5. The van der Waals surface area contributed by atoms with Crippen LogP contribution in [-0.4, -0.2) is 11.8 Å². The van der Waals surface area contributed by atoms with E-state index in [1.54, 1.807) is 0 Å². The lowest BCUT2D eigenvalue weighted by Crippen LogP contribution is -2.25. The first-order valence-electron chi connectivity index (χ1n) is 9.19. The Bertz CT molecular complexity index is 493. The molecule has 0 radical (unpaired) electrons. The second kappa shape index (κ2) is 11.0. The van der Waals surface area contributed by atoms with Gasteiger partial charge in [-0.05, 0) is 17.9 Å². The lowest BCUT2D eigenvalue weighted by molar-refractivity contribution is -0.152. The molecule has 0 aromatic heterocycles. The molecule has 0 aliphatic rings. The molecule has 2 atom stereocenters. The van der Waals surface area contributed by atoms with E-state index in [1.807, 2.05) is 51.1 Å². The van der Waals surface area contributed by atoms with Crippen LogP contribution < -0.4 is 0 Å². The summed E-state index contributed by atoms with van der Waals surface area (Å²) in [6, 6.07) is 9.66. The Morgan fingerprint density at radius 3 is 2.29 bits per heavy atom. The summed E-state index contributed by atoms with van der Waals surface area (Å²) >= 11 is 0. The fraction of sp³-hybridized carbons (Fsp3) is 0.619. The van der Waals surface area contributed by atoms with Gasteiger partial charge in [-0.3, -0.25) is 9.59 Å². The Hall–Kier alpha value is -1.64. The summed E-state index contributed by atoms with van der Waals surface area (Å²) in [6.07, 6.45) is 4.18. The van der Waals surface area contributed by atoms with Gasteiger partial charge in [0.2, 0.25) is 0 Å². The van der Waals surface area contributed by atoms with Crippen molar-refractivity contribution in [3.8, 4) is 0 Å². The molecule has 0 aliphatic carbocycles. The molecule has 0 saturated carbocycles. The highest BCUT2D eigenvalue weighted by atomic mass is 16.5. The number of hydrogen-bond donors (Lipinski definition) is 0. The number of carbonyl (C=O) groups is 2. The molecule has 0 N–H and O–H groups in total. The van der Waals surface area contributed by atoms with Crippen molar-refractivity contribution in [2.45, 2.75) is 66.4 Å². The maximum Gasteiger partial charge on any atom is 0.309 e. The molecule has 0 heterocycles. The van der Waals surface area contributed by atoms with Gasteiger partial charge in [0.15, 0.2) is 0 Å². The lowest BCUT2D eigenvalue weighted by Gasteiger charge is -2.19. The zero-order valence-corrected chi connectivity index (χ0v) is 15.6. The van der Waals surface area contributed by atoms with E-state index in [1.165, 1.54) is 0 Å². The van der Waals surface area contributed by atoms with Gasteiger partial charge in [-0.1, -0.05) is 77.3 Å². The summed E-state index contributed by atoms with van der Waals surface area (Å²) in [5, 5.41) is 0. The van der Waals surface area contributed by atoms with Gasteiger partial charge in [-0.25, -0.2) is 0 Å². The minimum Gasteiger partial charge on any atom is -0.461 e. The van der Waals surface area contributed by atoms with Crippen LogP contribution in [0.25, 0.3) is 0 Å². The molecule has 0 saturated heterocycles. The largest absolute Gasteiger partial charge is 0.461 e. The molecular formula is C21H32O3. The van der Waals surface area contributed by atoms with Crippen LogP contribution in [0.15, 0.2) is 30.3 Å². The zero-order valence-electron chi connectivity index (χ0n) is 15.6. The Kier molecular flexibility index (Phi) is 9.36. The number of unbranched alkanes of at least 4 members (excludes halogenated alkanes) is 2. The van der Waals surface area contributed by atoms with Crippen molar-refractivity contribution in [1.29, 1.82) is 0 Å². The van der Waals surface area contributed by atoms with Gasteiger partial charge >= 0.3 is 5.97 Å². The zero-order chi connectivity index (χ0) is 17.9. The molecule has 0 fully saturated rings. The molecule has 1 aromatic carbocycles. The fourth-order valence-electron chi connectivity index (χ4n) is 2.59. The molecular weight excluding hydrogens is 300 g/mol. The summed E-state index contributed by atoms with van der Waals surface area (Å²) in [5.74, 6) is -0.0916. The van der Waals surface area contributed by atoms with Gasteiger partial charge in [0.05, 0.1) is 5.92 Å². The third-order valence-corrected chi connectivity index (χ3v) is 4.67. The van der Waals surface area contributed by atoms with E-state index in [4.69, 9.17) is 4.74 Å². The van der Waals surface area contributed by atoms with Crippen LogP contribution in [0.2, 0.25) is 0 Å². The van der Waals surface area contributed by atoms with Crippen LogP contribution in [0.3, 0.4) is 0 Å². The van der Waals surface area contributed by atoms with E-state index in [9.17, 15) is 9.59 Å². The average Bonchev–Trinajstić information content (AvgIpc) is 2.58. The van der Waals surface area contributed by atoms with E-state index in [0.717, 1.165) is 31.2 Å². The van der Waals surface area contributed by atoms with Gasteiger partial charge < -0.3 is 4.74 Å². The fourth-order valence-corrected chi connectivity index (χ4v) is 2.59. The monoisotopic (exact) mass is 332 g/mol. The van der Waals surface area contributed by atoms with Crippen molar-refractivity contribution in [3.63, 3.8) is 0 Å². The van der Waals surface area contributed by atoms with Gasteiger partial charge in [0, 0.05) is 12.3 Å². The van der Waals surface area contributed by atoms with Crippen molar-refractivity contribution in [3.05, 3.63) is 35.9 Å². The Morgan fingerprint density at radius 1 is 1.04 bits per heavy atom. The number of Topliss-reactive ketones (excluding diaryl/α,β-unsaturated/α-hetero) is 1. The van der Waals surface area contributed by atoms with E-state index in [2.05, 4.69) is 6.92 Å². The van der Waals surface area contributed by atoms with Crippen LogP contribution in [0, 0.1) is 17.8 Å². The van der Waals surface area contributed by atoms with Gasteiger partial charge in [-0.15, -0.1) is 0 Å². The molecule has 0 amide bonds. The van der Waals surface area contributed by atoms with E-state index < -0.39 is 0 Å². The SMILES string of the molecule is CCCCC[C@H](CC(=O)[C@@H](C)C(C)C)C(=O)OCc1ccccc1. The summed E-state index contributed by atoms with van der Waals surface area (Å²) in [5.41, 5.74) is 0.972. The second-order valence-corrected chi connectivity index (χ2v) is 6.99. The molecule has 3 nitrogen and oxygen atoms in total. The highest BCUT2D eigenvalue weighted by molar-refractivity contribution is 5.86. The first-order chi connectivity index (χ1) is 11.5. The van der Waals surface area contributed by atoms with Crippen molar-refractivity contribution in [1.82, 2.24) is 0 Å². The first-order valence-corrected chi connectivity index (χ1v) is 9.19. The minimum absolute atomic E-state index is 0.0133. The lowest BCUT2D eigenvalue weighted by atomic mass is 9.86. The molecule has 1 aromatic rings. The van der Waals surface area contributed by atoms with Crippen LogP contribution in [0.1, 0.15) is 65.4 Å². The molecule has 0 unspecified atom stereocenters. The number of ketones is 1. The van der Waals surface area contributed by atoms with Crippen LogP contribution in [0.5, 0.6) is 0 Å². The molecule has 24 heavy (non-hydrogen) atoms. The summed E-state index contributed by atoms with van der Waals surface area (Å²) in [6.45, 7) is 8.45. The van der Waals surface area contributed by atoms with E-state index >= 15 is 0 Å². The highest BCUT2D eigenvalue weighted by Gasteiger charge is 2.26. The molecule has 1 rings (SSSR count). The van der Waals surface area contributed by atoms with Crippen molar-refractivity contribution >= 4 is 11.8 Å². The highest BCUT2D eigenvalue weighted by Crippen LogP contribution is 2.22.